The highest BCUT2D eigenvalue weighted by atomic mass is 15.3. The molecule has 1 unspecified atom stereocenters. The van der Waals surface area contributed by atoms with Gasteiger partial charge in [-0.3, -0.25) is 4.90 Å². The molecule has 4 heteroatoms. The number of para-hydroxylation sites is 1. The maximum absolute atomic E-state index is 10.2. The first-order valence-electron chi connectivity index (χ1n) is 14.4. The molecule has 1 saturated carbocycles. The summed E-state index contributed by atoms with van der Waals surface area (Å²) in [5, 5.41) is 10.2. The summed E-state index contributed by atoms with van der Waals surface area (Å²) >= 11 is 0. The summed E-state index contributed by atoms with van der Waals surface area (Å²) < 4.78 is 0. The molecule has 0 aromatic heterocycles. The molecule has 1 aliphatic carbocycles. The second-order valence-corrected chi connectivity index (χ2v) is 11.2. The Balaban J connectivity index is 1.24. The van der Waals surface area contributed by atoms with Crippen molar-refractivity contribution in [3.63, 3.8) is 0 Å². The molecule has 2 aliphatic rings. The Bertz CT molecular complexity index is 924. The Hall–Kier alpha value is -2.35. The van der Waals surface area contributed by atoms with E-state index in [1.807, 2.05) is 6.07 Å². The average molecular weight is 487 g/mol. The first-order chi connectivity index (χ1) is 17.6. The second kappa shape index (κ2) is 13.3. The van der Waals surface area contributed by atoms with E-state index < -0.39 is 0 Å². The van der Waals surface area contributed by atoms with Crippen LogP contribution in [0.2, 0.25) is 0 Å². The maximum atomic E-state index is 10.2. The second-order valence-electron chi connectivity index (χ2n) is 11.2. The van der Waals surface area contributed by atoms with E-state index in [9.17, 15) is 5.26 Å². The number of piperazine rings is 1. The van der Waals surface area contributed by atoms with Gasteiger partial charge in [0.15, 0.2) is 0 Å². The molecular weight excluding hydrogens is 440 g/mol. The zero-order valence-corrected chi connectivity index (χ0v) is 22.6. The number of hydrogen-bond acceptors (Lipinski definition) is 4. The van der Waals surface area contributed by atoms with Gasteiger partial charge in [-0.2, -0.15) is 5.26 Å². The number of nitriles is 1. The van der Waals surface area contributed by atoms with E-state index in [0.29, 0.717) is 12.0 Å². The summed E-state index contributed by atoms with van der Waals surface area (Å²) in [6.45, 7) is 12.3. The van der Waals surface area contributed by atoms with Crippen molar-refractivity contribution in [1.82, 2.24) is 9.80 Å². The Morgan fingerprint density at radius 1 is 0.861 bits per heavy atom. The molecule has 0 spiro atoms. The van der Waals surface area contributed by atoms with E-state index in [4.69, 9.17) is 0 Å². The maximum Gasteiger partial charge on any atom is 0.0845 e. The van der Waals surface area contributed by atoms with Crippen molar-refractivity contribution < 1.29 is 0 Å². The SMILES string of the molecule is CC(C)C(C#N)(CCCN1CCN(CCN(c2ccccc2)C2CCCCC2)CC1)c1ccccc1. The van der Waals surface area contributed by atoms with Crippen molar-refractivity contribution in [2.75, 3.05) is 50.7 Å². The zero-order chi connectivity index (χ0) is 25.2. The van der Waals surface area contributed by atoms with Gasteiger partial charge in [-0.25, -0.2) is 0 Å². The van der Waals surface area contributed by atoms with Crippen LogP contribution in [0.5, 0.6) is 0 Å². The van der Waals surface area contributed by atoms with E-state index in [-0.39, 0.29) is 5.41 Å². The summed E-state index contributed by atoms with van der Waals surface area (Å²) in [6.07, 6.45) is 8.84. The Morgan fingerprint density at radius 3 is 2.03 bits per heavy atom. The van der Waals surface area contributed by atoms with Crippen LogP contribution in [-0.4, -0.2) is 61.7 Å². The van der Waals surface area contributed by atoms with Gasteiger partial charge in [0.25, 0.3) is 0 Å². The van der Waals surface area contributed by atoms with Crippen molar-refractivity contribution in [2.24, 2.45) is 5.92 Å². The van der Waals surface area contributed by atoms with Crippen molar-refractivity contribution in [1.29, 1.82) is 5.26 Å². The van der Waals surface area contributed by atoms with Crippen LogP contribution in [-0.2, 0) is 5.41 Å². The van der Waals surface area contributed by atoms with Crippen molar-refractivity contribution in [3.05, 3.63) is 66.2 Å². The summed E-state index contributed by atoms with van der Waals surface area (Å²) in [5.74, 6) is 0.304. The lowest BCUT2D eigenvalue weighted by Gasteiger charge is -2.40. The van der Waals surface area contributed by atoms with Gasteiger partial charge in [-0.1, -0.05) is 81.6 Å². The van der Waals surface area contributed by atoms with Crippen molar-refractivity contribution in [2.45, 2.75) is 70.3 Å². The molecule has 2 aromatic carbocycles. The molecule has 4 nitrogen and oxygen atoms in total. The summed E-state index contributed by atoms with van der Waals surface area (Å²) in [5.41, 5.74) is 2.18. The van der Waals surface area contributed by atoms with E-state index in [0.717, 1.165) is 58.7 Å². The minimum atomic E-state index is -0.386. The van der Waals surface area contributed by atoms with Gasteiger partial charge in [0.1, 0.15) is 0 Å². The predicted octanol–water partition coefficient (Wildman–Crippen LogP) is 6.34. The highest BCUT2D eigenvalue weighted by Crippen LogP contribution is 2.36. The van der Waals surface area contributed by atoms with Gasteiger partial charge in [-0.15, -0.1) is 0 Å². The molecule has 1 saturated heterocycles. The molecule has 2 fully saturated rings. The number of rotatable bonds is 11. The van der Waals surface area contributed by atoms with Crippen LogP contribution in [0.15, 0.2) is 60.7 Å². The zero-order valence-electron chi connectivity index (χ0n) is 22.6. The van der Waals surface area contributed by atoms with Crippen LogP contribution >= 0.6 is 0 Å². The first-order valence-corrected chi connectivity index (χ1v) is 14.4. The van der Waals surface area contributed by atoms with Crippen LogP contribution in [0.4, 0.5) is 5.69 Å². The summed E-state index contributed by atoms with van der Waals surface area (Å²) in [4.78, 5) is 7.97. The minimum absolute atomic E-state index is 0.304. The van der Waals surface area contributed by atoms with Crippen LogP contribution in [0.25, 0.3) is 0 Å². The molecular formula is C32H46N4. The monoisotopic (exact) mass is 486 g/mol. The standard InChI is InChI=1S/C32H46N4/c1-28(2)32(27-33,29-13-6-3-7-14-29)19-12-20-34-21-23-35(24-22-34)25-26-36(30-15-8-4-9-16-30)31-17-10-5-11-18-31/h3-4,6-9,13-16,28,31H,5,10-12,17-26H2,1-2H3. The molecule has 2 aromatic rings. The molecule has 4 rings (SSSR count). The molecule has 0 bridgehead atoms. The number of benzene rings is 2. The predicted molar refractivity (Wildman–Crippen MR) is 151 cm³/mol. The number of anilines is 1. The Kier molecular flexibility index (Phi) is 9.84. The van der Waals surface area contributed by atoms with Crippen molar-refractivity contribution in [3.8, 4) is 6.07 Å². The summed E-state index contributed by atoms with van der Waals surface area (Å²) in [7, 11) is 0. The van der Waals surface area contributed by atoms with E-state index in [1.165, 1.54) is 43.4 Å². The van der Waals surface area contributed by atoms with Gasteiger partial charge in [-0.05, 0) is 55.8 Å². The quantitative estimate of drug-likeness (QED) is 0.371. The molecule has 36 heavy (non-hydrogen) atoms. The van der Waals surface area contributed by atoms with Gasteiger partial charge >= 0.3 is 0 Å². The highest BCUT2D eigenvalue weighted by Gasteiger charge is 2.35. The van der Waals surface area contributed by atoms with Crippen molar-refractivity contribution >= 4 is 5.69 Å². The molecule has 0 radical (unpaired) electrons. The molecule has 194 valence electrons. The first kappa shape index (κ1) is 26.7. The van der Waals surface area contributed by atoms with E-state index in [1.54, 1.807) is 0 Å². The summed E-state index contributed by atoms with van der Waals surface area (Å²) in [6, 6.07) is 24.9. The third-order valence-corrected chi connectivity index (χ3v) is 8.74. The molecule has 0 N–H and O–H groups in total. The molecule has 1 aliphatic heterocycles. The van der Waals surface area contributed by atoms with E-state index in [2.05, 4.69) is 89.2 Å². The van der Waals surface area contributed by atoms with Crippen LogP contribution in [0.3, 0.4) is 0 Å². The normalized spacial score (nSPS) is 19.6. The largest absolute Gasteiger partial charge is 0.367 e. The third kappa shape index (κ3) is 6.69. The molecule has 0 amide bonds. The minimum Gasteiger partial charge on any atom is -0.367 e. The molecule has 1 atom stereocenters. The highest BCUT2D eigenvalue weighted by molar-refractivity contribution is 5.47. The lowest BCUT2D eigenvalue weighted by molar-refractivity contribution is 0.130. The average Bonchev–Trinajstić information content (AvgIpc) is 2.94. The number of hydrogen-bond donors (Lipinski definition) is 0. The van der Waals surface area contributed by atoms with Crippen LogP contribution < -0.4 is 4.90 Å². The third-order valence-electron chi connectivity index (χ3n) is 8.74. The van der Waals surface area contributed by atoms with Crippen LogP contribution in [0, 0.1) is 17.2 Å². The lowest BCUT2D eigenvalue weighted by Crippen LogP contribution is -2.50. The van der Waals surface area contributed by atoms with Gasteiger partial charge in [0, 0.05) is 51.0 Å². The Morgan fingerprint density at radius 2 is 1.44 bits per heavy atom. The van der Waals surface area contributed by atoms with Gasteiger partial charge < -0.3 is 9.80 Å². The fourth-order valence-electron chi connectivity index (χ4n) is 6.35. The fourth-order valence-corrected chi connectivity index (χ4v) is 6.35. The van der Waals surface area contributed by atoms with Gasteiger partial charge in [0.2, 0.25) is 0 Å². The van der Waals surface area contributed by atoms with Crippen LogP contribution in [0.1, 0.15) is 64.4 Å². The number of nitrogens with zero attached hydrogens (tertiary/aromatic N) is 4. The fraction of sp³-hybridized carbons (Fsp3) is 0.594. The van der Waals surface area contributed by atoms with Gasteiger partial charge in [0.05, 0.1) is 11.5 Å². The topological polar surface area (TPSA) is 33.5 Å². The van der Waals surface area contributed by atoms with E-state index >= 15 is 0 Å². The smallest absolute Gasteiger partial charge is 0.0845 e. The Labute approximate surface area is 219 Å². The molecule has 1 heterocycles. The lowest BCUT2D eigenvalue weighted by atomic mass is 9.70.